The minimum Gasteiger partial charge on any atom is -0.362 e. The van der Waals surface area contributed by atoms with E-state index in [0.717, 1.165) is 0 Å². The molecule has 0 unspecified atom stereocenters. The van der Waals surface area contributed by atoms with Crippen LogP contribution in [0.2, 0.25) is 0 Å². The Balaban J connectivity index is 2.73. The molecular weight excluding hydrogens is 252 g/mol. The molecule has 0 bridgehead atoms. The summed E-state index contributed by atoms with van der Waals surface area (Å²) in [4.78, 5) is 10.3. The summed E-state index contributed by atoms with van der Waals surface area (Å²) in [5, 5.41) is 17.9. The maximum Gasteiger partial charge on any atom is 0.272 e. The van der Waals surface area contributed by atoms with Gasteiger partial charge in [-0.2, -0.15) is 5.10 Å². The van der Waals surface area contributed by atoms with Crippen molar-refractivity contribution >= 4 is 29.2 Å². The molecular formula is C11H14N4O2S. The van der Waals surface area contributed by atoms with Gasteiger partial charge in [0.2, 0.25) is 0 Å². The number of hydrogen-bond acceptors (Lipinski definition) is 4. The van der Waals surface area contributed by atoms with Crippen molar-refractivity contribution in [2.45, 2.75) is 13.8 Å². The Morgan fingerprint density at radius 1 is 1.61 bits per heavy atom. The molecule has 6 nitrogen and oxygen atoms in total. The molecule has 0 heterocycles. The van der Waals surface area contributed by atoms with Crippen molar-refractivity contribution in [1.82, 2.24) is 10.7 Å². The Morgan fingerprint density at radius 3 is 2.94 bits per heavy atom. The van der Waals surface area contributed by atoms with Gasteiger partial charge in [-0.3, -0.25) is 15.5 Å². The molecule has 96 valence electrons. The second-order valence-corrected chi connectivity index (χ2v) is 3.94. The molecule has 0 saturated carbocycles. The van der Waals surface area contributed by atoms with Crippen LogP contribution in [0.3, 0.4) is 0 Å². The molecule has 0 spiro atoms. The quantitative estimate of drug-likeness (QED) is 0.375. The van der Waals surface area contributed by atoms with Crippen LogP contribution < -0.4 is 10.7 Å². The van der Waals surface area contributed by atoms with Gasteiger partial charge in [0, 0.05) is 23.7 Å². The second kappa shape index (κ2) is 6.65. The fourth-order valence-corrected chi connectivity index (χ4v) is 1.47. The van der Waals surface area contributed by atoms with Gasteiger partial charge in [-0.25, -0.2) is 0 Å². The third-order valence-corrected chi connectivity index (χ3v) is 2.38. The molecule has 1 aromatic carbocycles. The van der Waals surface area contributed by atoms with E-state index in [0.29, 0.717) is 22.8 Å². The number of nitrogens with zero attached hydrogens (tertiary/aromatic N) is 2. The zero-order valence-electron chi connectivity index (χ0n) is 10.1. The van der Waals surface area contributed by atoms with Crippen molar-refractivity contribution in [2.24, 2.45) is 5.10 Å². The highest BCUT2D eigenvalue weighted by atomic mass is 32.1. The maximum atomic E-state index is 10.8. The van der Waals surface area contributed by atoms with E-state index in [-0.39, 0.29) is 5.69 Å². The summed E-state index contributed by atoms with van der Waals surface area (Å²) in [6, 6.07) is 4.91. The lowest BCUT2D eigenvalue weighted by Gasteiger charge is -2.02. The van der Waals surface area contributed by atoms with E-state index >= 15 is 0 Å². The Labute approximate surface area is 110 Å². The molecule has 0 saturated heterocycles. The number of hydrazone groups is 1. The van der Waals surface area contributed by atoms with E-state index in [1.54, 1.807) is 19.1 Å². The topological polar surface area (TPSA) is 79.6 Å². The molecule has 0 aliphatic heterocycles. The van der Waals surface area contributed by atoms with Gasteiger partial charge in [0.15, 0.2) is 5.11 Å². The van der Waals surface area contributed by atoms with Gasteiger partial charge >= 0.3 is 0 Å². The number of aryl methyl sites for hydroxylation is 1. The first-order chi connectivity index (χ1) is 8.54. The summed E-state index contributed by atoms with van der Waals surface area (Å²) in [7, 11) is 0. The normalized spacial score (nSPS) is 10.3. The van der Waals surface area contributed by atoms with Crippen molar-refractivity contribution in [2.75, 3.05) is 6.54 Å². The summed E-state index contributed by atoms with van der Waals surface area (Å²) >= 11 is 4.91. The van der Waals surface area contributed by atoms with Crippen LogP contribution in [0, 0.1) is 17.0 Å². The number of benzene rings is 1. The molecule has 1 aromatic rings. The van der Waals surface area contributed by atoms with E-state index in [1.165, 1.54) is 12.3 Å². The Bertz CT molecular complexity index is 488. The van der Waals surface area contributed by atoms with Gasteiger partial charge in [0.1, 0.15) is 0 Å². The van der Waals surface area contributed by atoms with Gasteiger partial charge in [-0.05, 0) is 26.1 Å². The zero-order chi connectivity index (χ0) is 13.5. The highest BCUT2D eigenvalue weighted by Gasteiger charge is 2.09. The molecule has 0 fully saturated rings. The predicted octanol–water partition coefficient (Wildman–Crippen LogP) is 1.72. The van der Waals surface area contributed by atoms with Gasteiger partial charge in [-0.1, -0.05) is 12.1 Å². The third kappa shape index (κ3) is 4.10. The number of nitro groups is 1. The number of rotatable bonds is 4. The minimum absolute atomic E-state index is 0.0770. The highest BCUT2D eigenvalue weighted by molar-refractivity contribution is 7.80. The van der Waals surface area contributed by atoms with Crippen molar-refractivity contribution in [3.63, 3.8) is 0 Å². The van der Waals surface area contributed by atoms with Crippen LogP contribution in [0.1, 0.15) is 18.1 Å². The van der Waals surface area contributed by atoms with Crippen molar-refractivity contribution < 1.29 is 4.92 Å². The number of hydrogen-bond donors (Lipinski definition) is 2. The van der Waals surface area contributed by atoms with Crippen LogP contribution in [0.25, 0.3) is 0 Å². The van der Waals surface area contributed by atoms with Crippen molar-refractivity contribution in [1.29, 1.82) is 0 Å². The molecule has 1 rings (SSSR count). The van der Waals surface area contributed by atoms with E-state index < -0.39 is 4.92 Å². The molecule has 0 radical (unpaired) electrons. The first-order valence-electron chi connectivity index (χ1n) is 5.36. The lowest BCUT2D eigenvalue weighted by atomic mass is 10.1. The van der Waals surface area contributed by atoms with Gasteiger partial charge in [0.25, 0.3) is 5.69 Å². The summed E-state index contributed by atoms with van der Waals surface area (Å²) in [5.41, 5.74) is 3.95. The SMILES string of the molecule is CCNC(=S)N/N=C\c1ccc(C)c([N+](=O)[O-])c1. The Morgan fingerprint density at radius 2 is 2.33 bits per heavy atom. The van der Waals surface area contributed by atoms with E-state index in [4.69, 9.17) is 12.2 Å². The lowest BCUT2D eigenvalue weighted by molar-refractivity contribution is -0.385. The Kier molecular flexibility index (Phi) is 5.19. The summed E-state index contributed by atoms with van der Waals surface area (Å²) in [5.74, 6) is 0. The molecule has 0 aromatic heterocycles. The fraction of sp³-hybridized carbons (Fsp3) is 0.273. The maximum absolute atomic E-state index is 10.8. The third-order valence-electron chi connectivity index (χ3n) is 2.15. The summed E-state index contributed by atoms with van der Waals surface area (Å²) < 4.78 is 0. The van der Waals surface area contributed by atoms with Crippen LogP contribution in [0.4, 0.5) is 5.69 Å². The second-order valence-electron chi connectivity index (χ2n) is 3.53. The van der Waals surface area contributed by atoms with Crippen molar-refractivity contribution in [3.8, 4) is 0 Å². The fourth-order valence-electron chi connectivity index (χ4n) is 1.27. The zero-order valence-corrected chi connectivity index (χ0v) is 11.0. The van der Waals surface area contributed by atoms with Crippen LogP contribution >= 0.6 is 12.2 Å². The van der Waals surface area contributed by atoms with Gasteiger partial charge < -0.3 is 5.32 Å². The van der Waals surface area contributed by atoms with Crippen LogP contribution in [-0.4, -0.2) is 22.8 Å². The molecule has 2 N–H and O–H groups in total. The summed E-state index contributed by atoms with van der Waals surface area (Å²) in [6.45, 7) is 4.32. The standard InChI is InChI=1S/C11H14N4O2S/c1-3-12-11(18)14-13-7-9-5-4-8(2)10(6-9)15(16)17/h4-7H,3H2,1-2H3,(H2,12,14,18)/b13-7-. The first-order valence-corrected chi connectivity index (χ1v) is 5.77. The molecule has 7 heteroatoms. The van der Waals surface area contributed by atoms with Gasteiger partial charge in [-0.15, -0.1) is 0 Å². The number of nitro benzene ring substituents is 1. The Hall–Kier alpha value is -2.02. The smallest absolute Gasteiger partial charge is 0.272 e. The molecule has 0 atom stereocenters. The predicted molar refractivity (Wildman–Crippen MR) is 74.8 cm³/mol. The molecule has 0 aliphatic rings. The van der Waals surface area contributed by atoms with E-state index in [9.17, 15) is 10.1 Å². The lowest BCUT2D eigenvalue weighted by Crippen LogP contribution is -2.31. The van der Waals surface area contributed by atoms with Crippen LogP contribution in [-0.2, 0) is 0 Å². The average molecular weight is 266 g/mol. The molecule has 18 heavy (non-hydrogen) atoms. The number of nitrogens with one attached hydrogen (secondary N) is 2. The average Bonchev–Trinajstić information content (AvgIpc) is 2.31. The number of thiocarbonyl (C=S) groups is 1. The van der Waals surface area contributed by atoms with Gasteiger partial charge in [0.05, 0.1) is 11.1 Å². The first kappa shape index (κ1) is 14.0. The highest BCUT2D eigenvalue weighted by Crippen LogP contribution is 2.18. The monoisotopic (exact) mass is 266 g/mol. The largest absolute Gasteiger partial charge is 0.362 e. The van der Waals surface area contributed by atoms with E-state index in [1.807, 2.05) is 6.92 Å². The minimum atomic E-state index is -0.413. The molecule has 0 amide bonds. The molecule has 0 aliphatic carbocycles. The van der Waals surface area contributed by atoms with Crippen molar-refractivity contribution in [3.05, 3.63) is 39.4 Å². The summed E-state index contributed by atoms with van der Waals surface area (Å²) in [6.07, 6.45) is 1.48. The van der Waals surface area contributed by atoms with Crippen LogP contribution in [0.5, 0.6) is 0 Å². The van der Waals surface area contributed by atoms with Crippen LogP contribution in [0.15, 0.2) is 23.3 Å². The van der Waals surface area contributed by atoms with E-state index in [2.05, 4.69) is 15.8 Å².